The number of rotatable bonds is 3. The van der Waals surface area contributed by atoms with Gasteiger partial charge in [-0.25, -0.2) is 13.2 Å². The van der Waals surface area contributed by atoms with Crippen LogP contribution >= 0.6 is 0 Å². The highest BCUT2D eigenvalue weighted by atomic mass is 19.2. The van der Waals surface area contributed by atoms with Crippen LogP contribution in [0.2, 0.25) is 0 Å². The molecular weight excluding hydrogens is 389 g/mol. The monoisotopic (exact) mass is 426 g/mol. The van der Waals surface area contributed by atoms with E-state index in [9.17, 15) is 18.3 Å². The van der Waals surface area contributed by atoms with Crippen molar-refractivity contribution < 1.29 is 23.0 Å². The normalized spacial score (nSPS) is 37.4. The molecule has 0 spiro atoms. The molecular formula is C25H37F3O2. The van der Waals surface area contributed by atoms with E-state index in [4.69, 9.17) is 4.74 Å². The molecule has 170 valence electrons. The van der Waals surface area contributed by atoms with Gasteiger partial charge in [0.2, 0.25) is 0 Å². The van der Waals surface area contributed by atoms with Crippen molar-refractivity contribution in [2.45, 2.75) is 90.3 Å². The Balaban J connectivity index is 0.00000256. The Morgan fingerprint density at radius 3 is 1.90 bits per heavy atom. The van der Waals surface area contributed by atoms with Crippen molar-refractivity contribution in [3.63, 3.8) is 0 Å². The summed E-state index contributed by atoms with van der Waals surface area (Å²) in [7, 11) is 0. The first-order chi connectivity index (χ1) is 13.9. The van der Waals surface area contributed by atoms with Gasteiger partial charge in [0, 0.05) is 6.61 Å². The minimum absolute atomic E-state index is 0. The van der Waals surface area contributed by atoms with Crippen LogP contribution in [0.25, 0.3) is 0 Å². The zero-order chi connectivity index (χ0) is 20.6. The highest BCUT2D eigenvalue weighted by Gasteiger charge is 2.40. The Morgan fingerprint density at radius 1 is 0.833 bits per heavy atom. The van der Waals surface area contributed by atoms with Gasteiger partial charge in [0.15, 0.2) is 17.5 Å². The van der Waals surface area contributed by atoms with Gasteiger partial charge in [0.25, 0.3) is 0 Å². The second-order valence-electron chi connectivity index (χ2n) is 9.85. The molecule has 1 saturated heterocycles. The summed E-state index contributed by atoms with van der Waals surface area (Å²) in [6, 6.07) is 1.91. The van der Waals surface area contributed by atoms with Gasteiger partial charge in [0.1, 0.15) is 0 Å². The van der Waals surface area contributed by atoms with Gasteiger partial charge >= 0.3 is 0 Å². The minimum Gasteiger partial charge on any atom is -0.385 e. The van der Waals surface area contributed by atoms with E-state index >= 15 is 0 Å². The molecule has 0 radical (unpaired) electrons. The van der Waals surface area contributed by atoms with Crippen LogP contribution in [0.4, 0.5) is 13.2 Å². The molecule has 1 aromatic carbocycles. The largest absolute Gasteiger partial charge is 0.385 e. The van der Waals surface area contributed by atoms with Crippen molar-refractivity contribution in [3.8, 4) is 0 Å². The first-order valence-electron chi connectivity index (χ1n) is 11.3. The highest BCUT2D eigenvalue weighted by molar-refractivity contribution is 5.26. The van der Waals surface area contributed by atoms with E-state index in [-0.39, 0.29) is 13.0 Å². The predicted octanol–water partition coefficient (Wildman–Crippen LogP) is 6.74. The molecule has 5 heteroatoms. The standard InChI is InChI=1S/C24H33F3O2.CH4/c1-15-2-7-22(29-14-15)18-5-3-16(4-6-18)17-8-10-24(28,11-9-17)19-12-20(25)23(27)21(26)13-19;/h12-13,15-18,22,28H,2-11,14H2,1H3;1H4. The lowest BCUT2D eigenvalue weighted by atomic mass is 9.66. The van der Waals surface area contributed by atoms with Crippen LogP contribution < -0.4 is 0 Å². The zero-order valence-electron chi connectivity index (χ0n) is 17.3. The molecule has 3 aliphatic rings. The number of benzene rings is 1. The van der Waals surface area contributed by atoms with Crippen molar-refractivity contribution in [1.82, 2.24) is 0 Å². The average Bonchev–Trinajstić information content (AvgIpc) is 2.73. The van der Waals surface area contributed by atoms with E-state index in [0.717, 1.165) is 31.6 Å². The molecule has 2 saturated carbocycles. The molecule has 4 rings (SSSR count). The molecule has 0 aromatic heterocycles. The summed E-state index contributed by atoms with van der Waals surface area (Å²) in [5, 5.41) is 11.0. The molecule has 30 heavy (non-hydrogen) atoms. The van der Waals surface area contributed by atoms with E-state index in [1.54, 1.807) is 0 Å². The van der Waals surface area contributed by atoms with E-state index in [1.807, 2.05) is 0 Å². The molecule has 3 fully saturated rings. The fourth-order valence-electron chi connectivity index (χ4n) is 5.97. The summed E-state index contributed by atoms with van der Waals surface area (Å²) in [6.07, 6.45) is 10.4. The van der Waals surface area contributed by atoms with Crippen LogP contribution in [-0.2, 0) is 10.3 Å². The molecule has 1 N–H and O–H groups in total. The SMILES string of the molecule is C.CC1CCC(C2CCC(C3CCC(O)(c4cc(F)c(F)c(F)c4)CC3)CC2)OC1. The molecule has 2 atom stereocenters. The minimum atomic E-state index is -1.47. The zero-order valence-corrected chi connectivity index (χ0v) is 17.3. The third kappa shape index (κ3) is 4.88. The lowest BCUT2D eigenvalue weighted by Gasteiger charge is -2.43. The quantitative estimate of drug-likeness (QED) is 0.543. The third-order valence-corrected chi connectivity index (χ3v) is 7.93. The fourth-order valence-corrected chi connectivity index (χ4v) is 5.97. The van der Waals surface area contributed by atoms with Gasteiger partial charge in [-0.05, 0) is 106 Å². The lowest BCUT2D eigenvalue weighted by molar-refractivity contribution is -0.0610. The van der Waals surface area contributed by atoms with Gasteiger partial charge in [-0.15, -0.1) is 0 Å². The molecule has 0 bridgehead atoms. The van der Waals surface area contributed by atoms with Crippen LogP contribution in [0.1, 0.15) is 84.1 Å². The summed E-state index contributed by atoms with van der Waals surface area (Å²) in [6.45, 7) is 3.16. The fraction of sp³-hybridized carbons (Fsp3) is 0.760. The number of ether oxygens (including phenoxy) is 1. The molecule has 2 unspecified atom stereocenters. The van der Waals surface area contributed by atoms with Crippen LogP contribution in [0.5, 0.6) is 0 Å². The maximum atomic E-state index is 13.6. The van der Waals surface area contributed by atoms with Gasteiger partial charge in [-0.3, -0.25) is 0 Å². The molecule has 0 amide bonds. The molecule has 1 aromatic rings. The predicted molar refractivity (Wildman–Crippen MR) is 112 cm³/mol. The Bertz CT molecular complexity index is 675. The van der Waals surface area contributed by atoms with Crippen molar-refractivity contribution >= 4 is 0 Å². The Morgan fingerprint density at radius 2 is 1.37 bits per heavy atom. The third-order valence-electron chi connectivity index (χ3n) is 7.93. The van der Waals surface area contributed by atoms with Crippen LogP contribution in [0, 0.1) is 41.1 Å². The van der Waals surface area contributed by atoms with Crippen LogP contribution in [0.3, 0.4) is 0 Å². The van der Waals surface area contributed by atoms with E-state index in [1.165, 1.54) is 38.5 Å². The van der Waals surface area contributed by atoms with E-state index in [2.05, 4.69) is 6.92 Å². The molecule has 2 aliphatic carbocycles. The van der Waals surface area contributed by atoms with Crippen molar-refractivity contribution in [1.29, 1.82) is 0 Å². The number of hydrogen-bond acceptors (Lipinski definition) is 2. The summed E-state index contributed by atoms with van der Waals surface area (Å²) in [5.41, 5.74) is -1.09. The topological polar surface area (TPSA) is 29.5 Å². The van der Waals surface area contributed by atoms with E-state index < -0.39 is 23.1 Å². The number of hydrogen-bond donors (Lipinski definition) is 1. The smallest absolute Gasteiger partial charge is 0.194 e. The van der Waals surface area contributed by atoms with Crippen molar-refractivity contribution in [2.75, 3.05) is 6.61 Å². The number of halogens is 3. The summed E-state index contributed by atoms with van der Waals surface area (Å²) < 4.78 is 46.6. The van der Waals surface area contributed by atoms with Crippen LogP contribution in [0.15, 0.2) is 12.1 Å². The second kappa shape index (κ2) is 9.60. The molecule has 1 aliphatic heterocycles. The Labute approximate surface area is 179 Å². The highest BCUT2D eigenvalue weighted by Crippen LogP contribution is 2.47. The van der Waals surface area contributed by atoms with Gasteiger partial charge in [-0.1, -0.05) is 14.4 Å². The maximum Gasteiger partial charge on any atom is 0.194 e. The number of aliphatic hydroxyl groups is 1. The maximum absolute atomic E-state index is 13.6. The molecule has 1 heterocycles. The Kier molecular flexibility index (Phi) is 7.55. The van der Waals surface area contributed by atoms with Gasteiger partial charge in [-0.2, -0.15) is 0 Å². The summed E-state index contributed by atoms with van der Waals surface area (Å²) in [5.74, 6) is -1.34. The first-order valence-corrected chi connectivity index (χ1v) is 11.3. The average molecular weight is 427 g/mol. The summed E-state index contributed by atoms with van der Waals surface area (Å²) in [4.78, 5) is 0. The second-order valence-corrected chi connectivity index (χ2v) is 9.85. The molecule has 2 nitrogen and oxygen atoms in total. The lowest BCUT2D eigenvalue weighted by Crippen LogP contribution is -2.37. The van der Waals surface area contributed by atoms with Crippen molar-refractivity contribution in [3.05, 3.63) is 35.1 Å². The van der Waals surface area contributed by atoms with Crippen molar-refractivity contribution in [2.24, 2.45) is 23.7 Å². The van der Waals surface area contributed by atoms with Gasteiger partial charge < -0.3 is 9.84 Å². The van der Waals surface area contributed by atoms with Gasteiger partial charge in [0.05, 0.1) is 11.7 Å². The first kappa shape index (κ1) is 23.6. The van der Waals surface area contributed by atoms with Crippen LogP contribution in [-0.4, -0.2) is 17.8 Å². The summed E-state index contributed by atoms with van der Waals surface area (Å²) >= 11 is 0. The van der Waals surface area contributed by atoms with E-state index in [0.29, 0.717) is 42.6 Å². The Hall–Kier alpha value is -1.07.